The molecular formula is C31H36N6O2. The topological polar surface area (TPSA) is 109 Å². The van der Waals surface area contributed by atoms with Crippen molar-refractivity contribution in [3.8, 4) is 0 Å². The Labute approximate surface area is 229 Å². The van der Waals surface area contributed by atoms with Gasteiger partial charge in [0.15, 0.2) is 0 Å². The maximum absolute atomic E-state index is 12.6. The number of hydrogen-bond acceptors (Lipinski definition) is 6. The molecule has 3 fully saturated rings. The Kier molecular flexibility index (Phi) is 6.65. The van der Waals surface area contributed by atoms with Gasteiger partial charge in [-0.3, -0.25) is 19.6 Å². The molecule has 0 radical (unpaired) electrons. The Morgan fingerprint density at radius 3 is 2.05 bits per heavy atom. The van der Waals surface area contributed by atoms with E-state index >= 15 is 0 Å². The van der Waals surface area contributed by atoms with Crippen molar-refractivity contribution in [1.29, 1.82) is 0 Å². The SMILES string of the molecule is C[C@]12CCC(=NNC(=O)c3ccncc3)C=C1CC[C@@H]1[C@H]2CC[C@@]2(C)C(=NNC(=O)c3ccncc3)CC[C@H]12. The highest BCUT2D eigenvalue weighted by Gasteiger charge is 2.58. The minimum Gasteiger partial charge on any atom is -0.267 e. The number of amides is 2. The van der Waals surface area contributed by atoms with E-state index in [1.54, 1.807) is 49.1 Å². The predicted octanol–water partition coefficient (Wildman–Crippen LogP) is 5.31. The predicted molar refractivity (Wildman–Crippen MR) is 150 cm³/mol. The first-order valence-corrected chi connectivity index (χ1v) is 14.1. The average molecular weight is 525 g/mol. The number of fused-ring (bicyclic) bond motifs is 5. The molecule has 3 saturated carbocycles. The maximum atomic E-state index is 12.6. The molecule has 0 bridgehead atoms. The van der Waals surface area contributed by atoms with Crippen LogP contribution in [0.25, 0.3) is 0 Å². The number of aromatic nitrogens is 2. The van der Waals surface area contributed by atoms with E-state index in [1.807, 2.05) is 0 Å². The van der Waals surface area contributed by atoms with Crippen molar-refractivity contribution in [3.63, 3.8) is 0 Å². The molecule has 202 valence electrons. The molecule has 2 amide bonds. The fourth-order valence-electron chi connectivity index (χ4n) is 8.01. The standard InChI is InChI=1S/C31H36N6O2/c1-30-13-7-23(34-36-28(38)20-9-15-32-16-10-20)19-22(30)3-4-24-25-5-6-27(31(25,2)14-8-26(24)30)35-37-29(39)21-11-17-33-18-12-21/h9-12,15-19,24-26H,3-8,13-14H2,1-2H3,(H,36,38)(H,37,39)/t24-,25+,26+,30-,31+/m0/s1. The summed E-state index contributed by atoms with van der Waals surface area (Å²) >= 11 is 0. The maximum Gasteiger partial charge on any atom is 0.271 e. The number of allylic oxidation sites excluding steroid dienone is 2. The first-order valence-electron chi connectivity index (χ1n) is 14.1. The monoisotopic (exact) mass is 524 g/mol. The van der Waals surface area contributed by atoms with E-state index in [1.165, 1.54) is 18.4 Å². The third kappa shape index (κ3) is 4.60. The zero-order chi connectivity index (χ0) is 27.0. The molecular weight excluding hydrogens is 488 g/mol. The lowest BCUT2D eigenvalue weighted by atomic mass is 9.47. The minimum absolute atomic E-state index is 0.0444. The van der Waals surface area contributed by atoms with Gasteiger partial charge in [-0.15, -0.1) is 0 Å². The first kappa shape index (κ1) is 25.6. The van der Waals surface area contributed by atoms with Crippen LogP contribution in [0.15, 0.2) is 70.9 Å². The first-order chi connectivity index (χ1) is 18.9. The van der Waals surface area contributed by atoms with Gasteiger partial charge in [-0.2, -0.15) is 10.2 Å². The molecule has 0 aromatic carbocycles. The fourth-order valence-corrected chi connectivity index (χ4v) is 8.01. The second-order valence-corrected chi connectivity index (χ2v) is 12.0. The third-order valence-electron chi connectivity index (χ3n) is 10.2. The molecule has 4 aliphatic carbocycles. The number of hydrazone groups is 2. The van der Waals surface area contributed by atoms with Crippen LogP contribution in [0.5, 0.6) is 0 Å². The second kappa shape index (κ2) is 10.1. The van der Waals surface area contributed by atoms with Crippen LogP contribution in [0.1, 0.15) is 85.9 Å². The molecule has 8 nitrogen and oxygen atoms in total. The summed E-state index contributed by atoms with van der Waals surface area (Å²) in [6.07, 6.45) is 17.3. The van der Waals surface area contributed by atoms with Crippen LogP contribution in [0.2, 0.25) is 0 Å². The molecule has 0 unspecified atom stereocenters. The van der Waals surface area contributed by atoms with Crippen LogP contribution in [0.3, 0.4) is 0 Å². The van der Waals surface area contributed by atoms with Gasteiger partial charge in [0.1, 0.15) is 0 Å². The summed E-state index contributed by atoms with van der Waals surface area (Å²) < 4.78 is 0. The fraction of sp³-hybridized carbons (Fsp3) is 0.484. The lowest BCUT2D eigenvalue weighted by Gasteiger charge is -2.57. The molecule has 39 heavy (non-hydrogen) atoms. The van der Waals surface area contributed by atoms with Gasteiger partial charge >= 0.3 is 0 Å². The number of pyridine rings is 2. The molecule has 0 saturated heterocycles. The van der Waals surface area contributed by atoms with Gasteiger partial charge in [-0.05, 0) is 105 Å². The molecule has 2 aromatic rings. The summed E-state index contributed by atoms with van der Waals surface area (Å²) in [4.78, 5) is 33.0. The highest BCUT2D eigenvalue weighted by molar-refractivity contribution is 6.00. The van der Waals surface area contributed by atoms with Gasteiger partial charge in [-0.1, -0.05) is 19.4 Å². The number of nitrogens with one attached hydrogen (secondary N) is 2. The normalized spacial score (nSPS) is 33.5. The smallest absolute Gasteiger partial charge is 0.267 e. The van der Waals surface area contributed by atoms with Crippen LogP contribution in [0, 0.1) is 28.6 Å². The molecule has 8 heteroatoms. The lowest BCUT2D eigenvalue weighted by molar-refractivity contribution is -0.0155. The summed E-state index contributed by atoms with van der Waals surface area (Å²) in [7, 11) is 0. The highest BCUT2D eigenvalue weighted by Crippen LogP contribution is 2.64. The van der Waals surface area contributed by atoms with Crippen molar-refractivity contribution in [2.45, 2.75) is 65.2 Å². The van der Waals surface area contributed by atoms with Crippen LogP contribution < -0.4 is 10.9 Å². The van der Waals surface area contributed by atoms with Gasteiger partial charge in [0.2, 0.25) is 0 Å². The van der Waals surface area contributed by atoms with Crippen molar-refractivity contribution in [2.75, 3.05) is 0 Å². The zero-order valence-corrected chi connectivity index (χ0v) is 22.7. The summed E-state index contributed by atoms with van der Waals surface area (Å²) in [5, 5.41) is 9.17. The number of carbonyl (C=O) groups is 2. The summed E-state index contributed by atoms with van der Waals surface area (Å²) in [5.41, 5.74) is 10.5. The van der Waals surface area contributed by atoms with Gasteiger partial charge in [0.05, 0.1) is 5.71 Å². The number of carbonyl (C=O) groups excluding carboxylic acids is 2. The van der Waals surface area contributed by atoms with Gasteiger partial charge in [0, 0.05) is 47.0 Å². The second-order valence-electron chi connectivity index (χ2n) is 12.0. The van der Waals surface area contributed by atoms with E-state index in [4.69, 9.17) is 5.10 Å². The Morgan fingerprint density at radius 1 is 0.769 bits per heavy atom. The van der Waals surface area contributed by atoms with Crippen molar-refractivity contribution in [1.82, 2.24) is 20.8 Å². The third-order valence-corrected chi connectivity index (χ3v) is 10.2. The molecule has 2 heterocycles. The molecule has 5 atom stereocenters. The van der Waals surface area contributed by atoms with Gasteiger partial charge in [0.25, 0.3) is 11.8 Å². The minimum atomic E-state index is -0.206. The number of nitrogens with zero attached hydrogens (tertiary/aromatic N) is 4. The molecule has 2 aromatic heterocycles. The van der Waals surface area contributed by atoms with E-state index in [2.05, 4.69) is 45.8 Å². The molecule has 0 spiro atoms. The Hall–Kier alpha value is -3.68. The Morgan fingerprint density at radius 2 is 1.38 bits per heavy atom. The van der Waals surface area contributed by atoms with Crippen LogP contribution in [0.4, 0.5) is 0 Å². The average Bonchev–Trinajstić information content (AvgIpc) is 3.31. The summed E-state index contributed by atoms with van der Waals surface area (Å²) in [6.45, 7) is 4.84. The van der Waals surface area contributed by atoms with Crippen LogP contribution in [-0.4, -0.2) is 33.2 Å². The number of rotatable bonds is 4. The Balaban J connectivity index is 1.15. The quantitative estimate of drug-likeness (QED) is 0.528. The van der Waals surface area contributed by atoms with E-state index in [0.29, 0.717) is 28.9 Å². The van der Waals surface area contributed by atoms with E-state index in [9.17, 15) is 9.59 Å². The van der Waals surface area contributed by atoms with Crippen LogP contribution >= 0.6 is 0 Å². The van der Waals surface area contributed by atoms with Crippen molar-refractivity contribution < 1.29 is 9.59 Å². The van der Waals surface area contributed by atoms with Gasteiger partial charge < -0.3 is 0 Å². The molecule has 6 rings (SSSR count). The summed E-state index contributed by atoms with van der Waals surface area (Å²) in [6, 6.07) is 6.81. The van der Waals surface area contributed by atoms with Crippen LogP contribution in [-0.2, 0) is 0 Å². The highest BCUT2D eigenvalue weighted by atomic mass is 16.2. The van der Waals surface area contributed by atoms with Gasteiger partial charge in [-0.25, -0.2) is 10.9 Å². The van der Waals surface area contributed by atoms with Crippen molar-refractivity contribution >= 4 is 23.2 Å². The lowest BCUT2D eigenvalue weighted by Crippen LogP contribution is -2.50. The zero-order valence-electron chi connectivity index (χ0n) is 22.7. The Bertz CT molecular complexity index is 1350. The van der Waals surface area contributed by atoms with E-state index in [0.717, 1.165) is 49.9 Å². The largest absolute Gasteiger partial charge is 0.271 e. The van der Waals surface area contributed by atoms with Crippen molar-refractivity contribution in [3.05, 3.63) is 71.8 Å². The van der Waals surface area contributed by atoms with E-state index < -0.39 is 0 Å². The summed E-state index contributed by atoms with van der Waals surface area (Å²) in [5.74, 6) is 1.53. The van der Waals surface area contributed by atoms with Crippen molar-refractivity contribution in [2.24, 2.45) is 38.8 Å². The molecule has 0 aliphatic heterocycles. The van der Waals surface area contributed by atoms with E-state index in [-0.39, 0.29) is 22.6 Å². The molecule has 4 aliphatic rings. The number of hydrogen-bond donors (Lipinski definition) is 2. The molecule has 2 N–H and O–H groups in total.